The Bertz CT molecular complexity index is 530. The molecule has 1 aliphatic rings. The van der Waals surface area contributed by atoms with Crippen LogP contribution in [0.25, 0.3) is 0 Å². The Kier molecular flexibility index (Phi) is 5.14. The van der Waals surface area contributed by atoms with Crippen LogP contribution in [-0.4, -0.2) is 48.4 Å². The number of nitrogens with zero attached hydrogens (tertiary/aromatic N) is 2. The second-order valence-electron chi connectivity index (χ2n) is 5.12. The predicted octanol–water partition coefficient (Wildman–Crippen LogP) is 1.04. The van der Waals surface area contributed by atoms with E-state index in [1.54, 1.807) is 18.0 Å². The summed E-state index contributed by atoms with van der Waals surface area (Å²) in [6.07, 6.45) is 2.18. The lowest BCUT2D eigenvalue weighted by Gasteiger charge is -2.20. The van der Waals surface area contributed by atoms with Crippen LogP contribution in [-0.2, 0) is 11.2 Å². The maximum Gasteiger partial charge on any atom is 0.254 e. The van der Waals surface area contributed by atoms with Crippen molar-refractivity contribution in [3.05, 3.63) is 23.4 Å². The minimum atomic E-state index is -0.0391. The fourth-order valence-corrected chi connectivity index (χ4v) is 2.38. The number of amides is 2. The molecule has 0 saturated carbocycles. The lowest BCUT2D eigenvalue weighted by Crippen LogP contribution is -2.34. The monoisotopic (exact) mass is 290 g/mol. The average Bonchev–Trinajstić information content (AvgIpc) is 2.71. The summed E-state index contributed by atoms with van der Waals surface area (Å²) in [4.78, 5) is 30.1. The van der Waals surface area contributed by atoms with Crippen LogP contribution in [0.15, 0.2) is 12.1 Å². The van der Waals surface area contributed by atoms with Gasteiger partial charge in [-0.1, -0.05) is 13.3 Å². The lowest BCUT2D eigenvalue weighted by molar-refractivity contribution is -0.120. The van der Waals surface area contributed by atoms with Gasteiger partial charge in [-0.25, -0.2) is 4.98 Å². The number of aromatic nitrogens is 1. The minimum Gasteiger partial charge on any atom is -0.373 e. The molecular weight excluding hydrogens is 268 g/mol. The molecule has 1 aromatic heterocycles. The molecule has 1 aromatic rings. The lowest BCUT2D eigenvalue weighted by atomic mass is 10.1. The molecule has 2 N–H and O–H groups in total. The Morgan fingerprint density at radius 1 is 1.43 bits per heavy atom. The van der Waals surface area contributed by atoms with Crippen LogP contribution in [0.3, 0.4) is 0 Å². The van der Waals surface area contributed by atoms with E-state index in [1.807, 2.05) is 6.07 Å². The summed E-state index contributed by atoms with van der Waals surface area (Å²) in [5.41, 5.74) is 1.55. The van der Waals surface area contributed by atoms with Crippen molar-refractivity contribution in [3.8, 4) is 0 Å². The van der Waals surface area contributed by atoms with Crippen LogP contribution >= 0.6 is 0 Å². The van der Waals surface area contributed by atoms with E-state index in [-0.39, 0.29) is 11.8 Å². The van der Waals surface area contributed by atoms with Crippen molar-refractivity contribution in [2.24, 2.45) is 0 Å². The third kappa shape index (κ3) is 3.93. The van der Waals surface area contributed by atoms with Gasteiger partial charge in [0, 0.05) is 44.4 Å². The van der Waals surface area contributed by atoms with Crippen LogP contribution in [0, 0.1) is 0 Å². The van der Waals surface area contributed by atoms with Gasteiger partial charge >= 0.3 is 0 Å². The minimum absolute atomic E-state index is 0.00242. The van der Waals surface area contributed by atoms with Gasteiger partial charge in [0.15, 0.2) is 0 Å². The van der Waals surface area contributed by atoms with Gasteiger partial charge in [0.05, 0.1) is 0 Å². The molecule has 6 heteroatoms. The van der Waals surface area contributed by atoms with Gasteiger partial charge in [-0.05, 0) is 18.6 Å². The van der Waals surface area contributed by atoms with Gasteiger partial charge in [0.1, 0.15) is 5.82 Å². The first-order valence-corrected chi connectivity index (χ1v) is 7.38. The van der Waals surface area contributed by atoms with Crippen LogP contribution in [0.5, 0.6) is 0 Å². The van der Waals surface area contributed by atoms with Gasteiger partial charge < -0.3 is 15.5 Å². The van der Waals surface area contributed by atoms with Crippen LogP contribution < -0.4 is 10.6 Å². The number of hydrogen-bond acceptors (Lipinski definition) is 4. The van der Waals surface area contributed by atoms with Crippen molar-refractivity contribution >= 4 is 17.6 Å². The van der Waals surface area contributed by atoms with Crippen LogP contribution in [0.1, 0.15) is 35.8 Å². The molecule has 2 amide bonds. The summed E-state index contributed by atoms with van der Waals surface area (Å²) < 4.78 is 0. The van der Waals surface area contributed by atoms with Crippen molar-refractivity contribution in [2.75, 3.05) is 32.0 Å². The molecule has 0 radical (unpaired) electrons. The summed E-state index contributed by atoms with van der Waals surface area (Å²) in [6.45, 7) is 3.60. The third-order valence-corrected chi connectivity index (χ3v) is 3.49. The molecule has 1 saturated heterocycles. The van der Waals surface area contributed by atoms with Crippen molar-refractivity contribution in [3.63, 3.8) is 0 Å². The highest BCUT2D eigenvalue weighted by molar-refractivity contribution is 5.95. The van der Waals surface area contributed by atoms with Crippen molar-refractivity contribution in [1.29, 1.82) is 0 Å². The molecule has 2 heterocycles. The zero-order valence-corrected chi connectivity index (χ0v) is 12.6. The first kappa shape index (κ1) is 15.3. The highest BCUT2D eigenvalue weighted by atomic mass is 16.2. The van der Waals surface area contributed by atoms with E-state index in [4.69, 9.17) is 0 Å². The molecule has 21 heavy (non-hydrogen) atoms. The Morgan fingerprint density at radius 3 is 2.95 bits per heavy atom. The summed E-state index contributed by atoms with van der Waals surface area (Å²) in [7, 11) is 1.79. The molecule has 0 spiro atoms. The van der Waals surface area contributed by atoms with Crippen LogP contribution in [0.2, 0.25) is 0 Å². The number of nitrogens with one attached hydrogen (secondary N) is 2. The van der Waals surface area contributed by atoms with Crippen molar-refractivity contribution in [2.45, 2.75) is 26.2 Å². The van der Waals surface area contributed by atoms with Gasteiger partial charge in [0.25, 0.3) is 5.91 Å². The van der Waals surface area contributed by atoms with E-state index < -0.39 is 0 Å². The molecule has 0 aromatic carbocycles. The Morgan fingerprint density at radius 2 is 2.24 bits per heavy atom. The smallest absolute Gasteiger partial charge is 0.254 e. The third-order valence-electron chi connectivity index (χ3n) is 3.49. The molecule has 1 aliphatic heterocycles. The first-order chi connectivity index (χ1) is 10.1. The maximum absolute atomic E-state index is 12.6. The molecule has 0 atom stereocenters. The summed E-state index contributed by atoms with van der Waals surface area (Å²) >= 11 is 0. The number of hydrogen-bond donors (Lipinski definition) is 2. The van der Waals surface area contributed by atoms with E-state index >= 15 is 0 Å². The first-order valence-electron chi connectivity index (χ1n) is 7.38. The number of carbonyl (C=O) groups is 2. The molecule has 2 rings (SSSR count). The molecule has 0 bridgehead atoms. The van der Waals surface area contributed by atoms with Gasteiger partial charge in [-0.15, -0.1) is 0 Å². The quantitative estimate of drug-likeness (QED) is 0.869. The number of aryl methyl sites for hydroxylation is 1. The molecular formula is C15H22N4O2. The number of pyridine rings is 1. The Balaban J connectivity index is 2.20. The fraction of sp³-hybridized carbons (Fsp3) is 0.533. The Hall–Kier alpha value is -2.11. The van der Waals surface area contributed by atoms with Crippen LogP contribution in [0.4, 0.5) is 5.82 Å². The predicted molar refractivity (Wildman–Crippen MR) is 81.3 cm³/mol. The molecule has 114 valence electrons. The zero-order chi connectivity index (χ0) is 15.2. The number of rotatable bonds is 4. The molecule has 6 nitrogen and oxygen atoms in total. The molecule has 1 fully saturated rings. The van der Waals surface area contributed by atoms with E-state index in [9.17, 15) is 9.59 Å². The fourth-order valence-electron chi connectivity index (χ4n) is 2.38. The second kappa shape index (κ2) is 7.06. The molecule has 0 unspecified atom stereocenters. The van der Waals surface area contributed by atoms with Crippen molar-refractivity contribution in [1.82, 2.24) is 15.2 Å². The van der Waals surface area contributed by atoms with E-state index in [2.05, 4.69) is 22.5 Å². The summed E-state index contributed by atoms with van der Waals surface area (Å²) in [5, 5.41) is 5.77. The SMILES string of the molecule is CCCc1cc(C(=O)N2CCNC(=O)CC2)cc(NC)n1. The van der Waals surface area contributed by atoms with E-state index in [0.29, 0.717) is 37.4 Å². The van der Waals surface area contributed by atoms with Crippen molar-refractivity contribution < 1.29 is 9.59 Å². The highest BCUT2D eigenvalue weighted by Gasteiger charge is 2.20. The van der Waals surface area contributed by atoms with E-state index in [1.165, 1.54) is 0 Å². The zero-order valence-electron chi connectivity index (χ0n) is 12.6. The highest BCUT2D eigenvalue weighted by Crippen LogP contribution is 2.14. The summed E-state index contributed by atoms with van der Waals surface area (Å²) in [5.74, 6) is 0.665. The largest absolute Gasteiger partial charge is 0.373 e. The second-order valence-corrected chi connectivity index (χ2v) is 5.12. The van der Waals surface area contributed by atoms with Gasteiger partial charge in [-0.3, -0.25) is 9.59 Å². The topological polar surface area (TPSA) is 74.3 Å². The normalized spacial score (nSPS) is 15.3. The van der Waals surface area contributed by atoms with E-state index in [0.717, 1.165) is 18.5 Å². The molecule has 0 aliphatic carbocycles. The Labute approximate surface area is 124 Å². The average molecular weight is 290 g/mol. The standard InChI is InChI=1S/C15H22N4O2/c1-3-4-12-9-11(10-13(16-2)18-12)15(21)19-7-5-14(20)17-6-8-19/h9-10H,3-8H2,1-2H3,(H,16,18)(H,17,20). The number of carbonyl (C=O) groups excluding carboxylic acids is 2. The van der Waals surface area contributed by atoms with Gasteiger partial charge in [-0.2, -0.15) is 0 Å². The maximum atomic E-state index is 12.6. The van der Waals surface area contributed by atoms with Gasteiger partial charge in [0.2, 0.25) is 5.91 Å². The number of anilines is 1. The summed E-state index contributed by atoms with van der Waals surface area (Å²) in [6, 6.07) is 3.62.